The van der Waals surface area contributed by atoms with Crippen molar-refractivity contribution in [2.24, 2.45) is 0 Å². The highest BCUT2D eigenvalue weighted by Crippen LogP contribution is 2.25. The number of rotatable bonds is 5. The van der Waals surface area contributed by atoms with Gasteiger partial charge in [0.05, 0.1) is 10.7 Å². The van der Waals surface area contributed by atoms with Gasteiger partial charge in [0.2, 0.25) is 0 Å². The van der Waals surface area contributed by atoms with Crippen molar-refractivity contribution in [1.82, 2.24) is 10.3 Å². The molecule has 1 N–H and O–H groups in total. The number of nitrogens with one attached hydrogen (secondary N) is 1. The van der Waals surface area contributed by atoms with E-state index in [-0.39, 0.29) is 0 Å². The monoisotopic (exact) mass is 280 g/mol. The van der Waals surface area contributed by atoms with Gasteiger partial charge in [-0.05, 0) is 45.6 Å². The van der Waals surface area contributed by atoms with E-state index in [1.807, 2.05) is 11.3 Å². The van der Waals surface area contributed by atoms with E-state index in [9.17, 15) is 0 Å². The molecule has 0 spiro atoms. The molecule has 0 bridgehead atoms. The normalized spacial score (nSPS) is 14.7. The third-order valence-corrected chi connectivity index (χ3v) is 5.11. The van der Waals surface area contributed by atoms with Crippen LogP contribution in [0.3, 0.4) is 0 Å². The van der Waals surface area contributed by atoms with E-state index < -0.39 is 0 Å². The van der Waals surface area contributed by atoms with Crippen molar-refractivity contribution >= 4 is 22.7 Å². The molecule has 2 nitrogen and oxygen atoms in total. The van der Waals surface area contributed by atoms with Crippen LogP contribution in [-0.2, 0) is 6.42 Å². The molecule has 2 aromatic rings. The molecule has 18 heavy (non-hydrogen) atoms. The fraction of sp³-hybridized carbons (Fsp3) is 0.500. The van der Waals surface area contributed by atoms with Crippen LogP contribution in [0, 0.1) is 13.8 Å². The van der Waals surface area contributed by atoms with Gasteiger partial charge in [-0.15, -0.1) is 22.7 Å². The van der Waals surface area contributed by atoms with E-state index >= 15 is 0 Å². The second-order valence-electron chi connectivity index (χ2n) is 4.76. The molecule has 0 aliphatic carbocycles. The minimum absolute atomic E-state index is 0.381. The summed E-state index contributed by atoms with van der Waals surface area (Å²) < 4.78 is 0. The average Bonchev–Trinajstić information content (AvgIpc) is 2.88. The molecule has 0 saturated heterocycles. The van der Waals surface area contributed by atoms with Crippen molar-refractivity contribution in [3.8, 4) is 0 Å². The third-order valence-electron chi connectivity index (χ3n) is 2.95. The smallest absolute Gasteiger partial charge is 0.0900 e. The Hall–Kier alpha value is -0.710. The molecule has 98 valence electrons. The summed E-state index contributed by atoms with van der Waals surface area (Å²) in [6, 6.07) is 5.19. The first-order valence-electron chi connectivity index (χ1n) is 6.28. The van der Waals surface area contributed by atoms with Crippen LogP contribution in [0.4, 0.5) is 0 Å². The molecule has 2 unspecified atom stereocenters. The standard InChI is InChI=1S/C14H20N2S2/c1-9(8-13-6-5-7-17-13)15-10(2)14-11(3)16-12(4)18-14/h5-7,9-10,15H,8H2,1-4H3. The molecule has 2 aromatic heterocycles. The highest BCUT2D eigenvalue weighted by atomic mass is 32.1. The van der Waals surface area contributed by atoms with Crippen LogP contribution in [0.1, 0.15) is 40.3 Å². The van der Waals surface area contributed by atoms with Crippen LogP contribution in [0.15, 0.2) is 17.5 Å². The molecule has 2 heterocycles. The molecule has 0 fully saturated rings. The Bertz CT molecular complexity index is 488. The highest BCUT2D eigenvalue weighted by Gasteiger charge is 2.15. The number of hydrogen-bond donors (Lipinski definition) is 1. The van der Waals surface area contributed by atoms with Crippen LogP contribution in [0.5, 0.6) is 0 Å². The van der Waals surface area contributed by atoms with Crippen LogP contribution < -0.4 is 5.32 Å². The summed E-state index contributed by atoms with van der Waals surface area (Å²) in [5, 5.41) is 6.96. The molecule has 0 amide bonds. The first-order valence-corrected chi connectivity index (χ1v) is 7.98. The van der Waals surface area contributed by atoms with Gasteiger partial charge in [-0.25, -0.2) is 4.98 Å². The van der Waals surface area contributed by atoms with Gasteiger partial charge in [0.15, 0.2) is 0 Å². The molecule has 2 rings (SSSR count). The zero-order chi connectivity index (χ0) is 13.1. The van der Waals surface area contributed by atoms with Gasteiger partial charge in [0.25, 0.3) is 0 Å². The Kier molecular flexibility index (Phi) is 4.54. The largest absolute Gasteiger partial charge is 0.307 e. The number of hydrogen-bond acceptors (Lipinski definition) is 4. The molecule has 0 aliphatic rings. The zero-order valence-corrected chi connectivity index (χ0v) is 13.0. The number of thiazole rings is 1. The summed E-state index contributed by atoms with van der Waals surface area (Å²) in [5.41, 5.74) is 1.17. The second kappa shape index (κ2) is 5.95. The Morgan fingerprint density at radius 1 is 1.33 bits per heavy atom. The molecular weight excluding hydrogens is 260 g/mol. The lowest BCUT2D eigenvalue weighted by Gasteiger charge is -2.19. The summed E-state index contributed by atoms with van der Waals surface area (Å²) in [5.74, 6) is 0. The predicted molar refractivity (Wildman–Crippen MR) is 80.6 cm³/mol. The molecule has 0 aliphatic heterocycles. The van der Waals surface area contributed by atoms with Crippen LogP contribution in [-0.4, -0.2) is 11.0 Å². The van der Waals surface area contributed by atoms with Crippen molar-refractivity contribution in [3.05, 3.63) is 38.0 Å². The summed E-state index contributed by atoms with van der Waals surface area (Å²) in [4.78, 5) is 7.31. The SMILES string of the molecule is Cc1nc(C)c(C(C)NC(C)Cc2cccs2)s1. The third kappa shape index (κ3) is 3.40. The van der Waals surface area contributed by atoms with Crippen LogP contribution in [0.25, 0.3) is 0 Å². The number of thiophene rings is 1. The van der Waals surface area contributed by atoms with E-state index in [1.165, 1.54) is 15.4 Å². The minimum Gasteiger partial charge on any atom is -0.307 e. The number of nitrogens with zero attached hydrogens (tertiary/aromatic N) is 1. The van der Waals surface area contributed by atoms with Gasteiger partial charge in [0.1, 0.15) is 0 Å². The molecule has 0 saturated carbocycles. The van der Waals surface area contributed by atoms with E-state index in [4.69, 9.17) is 0 Å². The van der Waals surface area contributed by atoms with Gasteiger partial charge < -0.3 is 5.32 Å². The number of aromatic nitrogens is 1. The molecule has 4 heteroatoms. The van der Waals surface area contributed by atoms with Crippen molar-refractivity contribution in [3.63, 3.8) is 0 Å². The Labute approximate surface area is 117 Å². The fourth-order valence-electron chi connectivity index (χ4n) is 2.24. The lowest BCUT2D eigenvalue weighted by Crippen LogP contribution is -2.30. The Balaban J connectivity index is 1.94. The fourth-order valence-corrected chi connectivity index (χ4v) is 4.01. The molecular formula is C14H20N2S2. The lowest BCUT2D eigenvalue weighted by atomic mass is 10.1. The van der Waals surface area contributed by atoms with Crippen LogP contribution >= 0.6 is 22.7 Å². The maximum absolute atomic E-state index is 4.50. The molecule has 0 radical (unpaired) electrons. The maximum atomic E-state index is 4.50. The second-order valence-corrected chi connectivity index (χ2v) is 7.02. The first-order chi connectivity index (χ1) is 8.56. The first kappa shape index (κ1) is 13.7. The van der Waals surface area contributed by atoms with Gasteiger partial charge >= 0.3 is 0 Å². The molecule has 0 aromatic carbocycles. The Morgan fingerprint density at radius 2 is 2.11 bits per heavy atom. The van der Waals surface area contributed by atoms with Gasteiger partial charge in [-0.3, -0.25) is 0 Å². The van der Waals surface area contributed by atoms with Crippen molar-refractivity contribution < 1.29 is 0 Å². The van der Waals surface area contributed by atoms with Gasteiger partial charge in [-0.1, -0.05) is 6.07 Å². The molecule has 2 atom stereocenters. The van der Waals surface area contributed by atoms with Crippen molar-refractivity contribution in [2.75, 3.05) is 0 Å². The summed E-state index contributed by atoms with van der Waals surface area (Å²) in [6.45, 7) is 8.65. The highest BCUT2D eigenvalue weighted by molar-refractivity contribution is 7.11. The summed E-state index contributed by atoms with van der Waals surface area (Å²) in [6.07, 6.45) is 1.10. The van der Waals surface area contributed by atoms with Crippen molar-refractivity contribution in [2.45, 2.75) is 46.2 Å². The van der Waals surface area contributed by atoms with Gasteiger partial charge in [-0.2, -0.15) is 0 Å². The van der Waals surface area contributed by atoms with Crippen LogP contribution in [0.2, 0.25) is 0 Å². The van der Waals surface area contributed by atoms with E-state index in [0.717, 1.165) is 11.4 Å². The Morgan fingerprint density at radius 3 is 2.67 bits per heavy atom. The zero-order valence-electron chi connectivity index (χ0n) is 11.4. The van der Waals surface area contributed by atoms with Gasteiger partial charge in [0, 0.05) is 21.8 Å². The summed E-state index contributed by atoms with van der Waals surface area (Å²) >= 11 is 3.63. The topological polar surface area (TPSA) is 24.9 Å². The lowest BCUT2D eigenvalue weighted by molar-refractivity contribution is 0.482. The maximum Gasteiger partial charge on any atom is 0.0900 e. The van der Waals surface area contributed by atoms with Crippen molar-refractivity contribution in [1.29, 1.82) is 0 Å². The minimum atomic E-state index is 0.381. The summed E-state index contributed by atoms with van der Waals surface area (Å²) in [7, 11) is 0. The quantitative estimate of drug-likeness (QED) is 0.892. The predicted octanol–water partition coefficient (Wildman–Crippen LogP) is 4.10. The average molecular weight is 280 g/mol. The number of aryl methyl sites for hydroxylation is 2. The van der Waals surface area contributed by atoms with E-state index in [0.29, 0.717) is 12.1 Å². The van der Waals surface area contributed by atoms with E-state index in [2.05, 4.69) is 55.5 Å². The van der Waals surface area contributed by atoms with E-state index in [1.54, 1.807) is 11.3 Å².